The maximum absolute atomic E-state index is 11.7. The second-order valence-corrected chi connectivity index (χ2v) is 5.57. The molecule has 16 heavy (non-hydrogen) atoms. The monoisotopic (exact) mass is 227 g/mol. The molecule has 0 bridgehead atoms. The highest BCUT2D eigenvalue weighted by Gasteiger charge is 2.25. The summed E-state index contributed by atoms with van der Waals surface area (Å²) in [4.78, 5) is 11.7. The molecule has 0 amide bonds. The van der Waals surface area contributed by atoms with Crippen molar-refractivity contribution in [2.24, 2.45) is 17.6 Å². The van der Waals surface area contributed by atoms with Gasteiger partial charge in [0, 0.05) is 0 Å². The van der Waals surface area contributed by atoms with Gasteiger partial charge in [-0.25, -0.2) is 0 Å². The molecule has 2 N–H and O–H groups in total. The summed E-state index contributed by atoms with van der Waals surface area (Å²) in [6, 6.07) is -0.447. The molecule has 0 radical (unpaired) electrons. The number of esters is 1. The highest BCUT2D eigenvalue weighted by molar-refractivity contribution is 5.75. The average Bonchev–Trinajstić information content (AvgIpc) is 2.16. The molecule has 1 aliphatic carbocycles. The summed E-state index contributed by atoms with van der Waals surface area (Å²) < 4.78 is 5.46. The van der Waals surface area contributed by atoms with E-state index in [9.17, 15) is 4.79 Å². The van der Waals surface area contributed by atoms with Gasteiger partial charge in [-0.3, -0.25) is 4.79 Å². The molecular weight excluding hydrogens is 202 g/mol. The van der Waals surface area contributed by atoms with E-state index in [0.29, 0.717) is 18.3 Å². The molecule has 94 valence electrons. The van der Waals surface area contributed by atoms with Crippen molar-refractivity contribution in [2.75, 3.05) is 0 Å². The molecule has 0 heterocycles. The Hall–Kier alpha value is -0.570. The maximum Gasteiger partial charge on any atom is 0.323 e. The number of nitrogens with two attached hydrogens (primary N) is 1. The minimum Gasteiger partial charge on any atom is -0.461 e. The van der Waals surface area contributed by atoms with Gasteiger partial charge in [-0.15, -0.1) is 0 Å². The van der Waals surface area contributed by atoms with Gasteiger partial charge < -0.3 is 10.5 Å². The summed E-state index contributed by atoms with van der Waals surface area (Å²) in [5.74, 6) is 0.897. The van der Waals surface area contributed by atoms with E-state index in [1.165, 1.54) is 12.8 Å². The van der Waals surface area contributed by atoms with E-state index in [-0.39, 0.29) is 12.1 Å². The van der Waals surface area contributed by atoms with Gasteiger partial charge >= 0.3 is 5.97 Å². The van der Waals surface area contributed by atoms with Gasteiger partial charge in [-0.1, -0.05) is 27.2 Å². The van der Waals surface area contributed by atoms with Crippen LogP contribution in [0.3, 0.4) is 0 Å². The molecule has 1 rings (SSSR count). The topological polar surface area (TPSA) is 52.3 Å². The lowest BCUT2D eigenvalue weighted by Gasteiger charge is -2.27. The van der Waals surface area contributed by atoms with Crippen LogP contribution >= 0.6 is 0 Å². The van der Waals surface area contributed by atoms with Gasteiger partial charge in [0.15, 0.2) is 0 Å². The normalized spacial score (nSPS) is 27.8. The fourth-order valence-electron chi connectivity index (χ4n) is 2.34. The zero-order valence-electron chi connectivity index (χ0n) is 10.7. The summed E-state index contributed by atoms with van der Waals surface area (Å²) in [5, 5.41) is 0. The summed E-state index contributed by atoms with van der Waals surface area (Å²) in [5.41, 5.74) is 5.80. The van der Waals surface area contributed by atoms with Crippen molar-refractivity contribution >= 4 is 5.97 Å². The highest BCUT2D eigenvalue weighted by Crippen LogP contribution is 2.26. The van der Waals surface area contributed by atoms with Gasteiger partial charge in [0.05, 0.1) is 0 Å². The van der Waals surface area contributed by atoms with E-state index >= 15 is 0 Å². The summed E-state index contributed by atoms with van der Waals surface area (Å²) in [7, 11) is 0. The lowest BCUT2D eigenvalue weighted by atomic mass is 9.88. The molecule has 1 saturated carbocycles. The zero-order valence-corrected chi connectivity index (χ0v) is 10.7. The summed E-state index contributed by atoms with van der Waals surface area (Å²) in [6.45, 7) is 6.35. The third-order valence-electron chi connectivity index (χ3n) is 3.20. The number of hydrogen-bond acceptors (Lipinski definition) is 3. The Balaban J connectivity index is 2.32. The first kappa shape index (κ1) is 13.5. The Morgan fingerprint density at radius 1 is 1.44 bits per heavy atom. The van der Waals surface area contributed by atoms with Crippen molar-refractivity contribution < 1.29 is 9.53 Å². The summed E-state index contributed by atoms with van der Waals surface area (Å²) in [6.07, 6.45) is 5.24. The standard InChI is InChI=1S/C13H25NO2/c1-9(2)7-12(14)13(15)16-11-6-4-5-10(3)8-11/h9-12H,4-8,14H2,1-3H3. The predicted molar refractivity (Wildman–Crippen MR) is 64.9 cm³/mol. The average molecular weight is 227 g/mol. The number of carbonyl (C=O) groups excluding carboxylic acids is 1. The second kappa shape index (κ2) is 6.24. The third kappa shape index (κ3) is 4.52. The lowest BCUT2D eigenvalue weighted by molar-refractivity contribution is -0.153. The minimum absolute atomic E-state index is 0.106. The minimum atomic E-state index is -0.447. The van der Waals surface area contributed by atoms with Crippen molar-refractivity contribution in [2.45, 2.75) is 65.0 Å². The van der Waals surface area contributed by atoms with Crippen molar-refractivity contribution in [1.29, 1.82) is 0 Å². The quantitative estimate of drug-likeness (QED) is 0.751. The zero-order chi connectivity index (χ0) is 12.1. The molecule has 0 aromatic carbocycles. The van der Waals surface area contributed by atoms with Gasteiger partial charge in [0.2, 0.25) is 0 Å². The van der Waals surface area contributed by atoms with Crippen LogP contribution in [0.15, 0.2) is 0 Å². The van der Waals surface area contributed by atoms with Crippen molar-refractivity contribution in [3.63, 3.8) is 0 Å². The highest BCUT2D eigenvalue weighted by atomic mass is 16.5. The van der Waals surface area contributed by atoms with Crippen molar-refractivity contribution in [1.82, 2.24) is 0 Å². The molecule has 3 unspecified atom stereocenters. The third-order valence-corrected chi connectivity index (χ3v) is 3.20. The van der Waals surface area contributed by atoms with Gasteiger partial charge in [0.25, 0.3) is 0 Å². The first-order valence-electron chi connectivity index (χ1n) is 6.45. The number of carbonyl (C=O) groups is 1. The molecule has 3 heteroatoms. The molecule has 0 saturated heterocycles. The second-order valence-electron chi connectivity index (χ2n) is 5.57. The van der Waals surface area contributed by atoms with E-state index in [1.54, 1.807) is 0 Å². The SMILES string of the molecule is CC(C)CC(N)C(=O)OC1CCCC(C)C1. The van der Waals surface area contributed by atoms with Gasteiger partial charge in [-0.05, 0) is 37.5 Å². The van der Waals surface area contributed by atoms with Crippen molar-refractivity contribution in [3.8, 4) is 0 Å². The Morgan fingerprint density at radius 2 is 2.12 bits per heavy atom. The number of ether oxygens (including phenoxy) is 1. The van der Waals surface area contributed by atoms with E-state index in [2.05, 4.69) is 20.8 Å². The molecule has 0 spiro atoms. The predicted octanol–water partition coefficient (Wildman–Crippen LogP) is 2.48. The first-order valence-corrected chi connectivity index (χ1v) is 6.45. The van der Waals surface area contributed by atoms with Crippen LogP contribution < -0.4 is 5.73 Å². The summed E-state index contributed by atoms with van der Waals surface area (Å²) >= 11 is 0. The Labute approximate surface area is 98.7 Å². The van der Waals surface area contributed by atoms with Gasteiger partial charge in [-0.2, -0.15) is 0 Å². The van der Waals surface area contributed by atoms with Crippen LogP contribution in [0, 0.1) is 11.8 Å². The smallest absolute Gasteiger partial charge is 0.323 e. The molecule has 1 fully saturated rings. The van der Waals surface area contributed by atoms with Crippen LogP contribution in [-0.4, -0.2) is 18.1 Å². The van der Waals surface area contributed by atoms with Crippen LogP contribution in [-0.2, 0) is 9.53 Å². The van der Waals surface area contributed by atoms with Crippen LogP contribution in [0.25, 0.3) is 0 Å². The molecule has 0 aromatic heterocycles. The molecule has 0 aromatic rings. The van der Waals surface area contributed by atoms with E-state index in [4.69, 9.17) is 10.5 Å². The van der Waals surface area contributed by atoms with Gasteiger partial charge in [0.1, 0.15) is 12.1 Å². The number of rotatable bonds is 4. The molecule has 1 aliphatic rings. The van der Waals surface area contributed by atoms with Crippen LogP contribution in [0.5, 0.6) is 0 Å². The van der Waals surface area contributed by atoms with Crippen LogP contribution in [0.2, 0.25) is 0 Å². The Morgan fingerprint density at radius 3 is 2.69 bits per heavy atom. The van der Waals surface area contributed by atoms with Crippen LogP contribution in [0.1, 0.15) is 52.9 Å². The lowest BCUT2D eigenvalue weighted by Crippen LogP contribution is -2.37. The maximum atomic E-state index is 11.7. The Kier molecular flexibility index (Phi) is 5.26. The Bertz CT molecular complexity index is 228. The largest absolute Gasteiger partial charge is 0.461 e. The first-order chi connectivity index (χ1) is 7.49. The van der Waals surface area contributed by atoms with E-state index in [0.717, 1.165) is 12.8 Å². The molecule has 3 atom stereocenters. The fourth-order valence-corrected chi connectivity index (χ4v) is 2.34. The molecule has 3 nitrogen and oxygen atoms in total. The van der Waals surface area contributed by atoms with E-state index < -0.39 is 6.04 Å². The van der Waals surface area contributed by atoms with E-state index in [1.807, 2.05) is 0 Å². The molecular formula is C13H25NO2. The van der Waals surface area contributed by atoms with Crippen molar-refractivity contribution in [3.05, 3.63) is 0 Å². The number of hydrogen-bond donors (Lipinski definition) is 1. The molecule has 0 aliphatic heterocycles. The van der Waals surface area contributed by atoms with Crippen LogP contribution in [0.4, 0.5) is 0 Å². The fraction of sp³-hybridized carbons (Fsp3) is 0.923.